The minimum Gasteiger partial charge on any atom is -0.484 e. The zero-order chi connectivity index (χ0) is 20.9. The van der Waals surface area contributed by atoms with Crippen LogP contribution in [0.4, 0.5) is 5.69 Å². The third kappa shape index (κ3) is 4.84. The number of hydrogen-bond donors (Lipinski definition) is 0. The molecule has 29 heavy (non-hydrogen) atoms. The Kier molecular flexibility index (Phi) is 6.34. The molecule has 0 spiro atoms. The number of aryl methyl sites for hydroxylation is 2. The van der Waals surface area contributed by atoms with Crippen LogP contribution in [-0.4, -0.2) is 20.9 Å². The van der Waals surface area contributed by atoms with Gasteiger partial charge in [-0.3, -0.25) is 4.79 Å². The molecule has 0 atom stereocenters. The van der Waals surface area contributed by atoms with Crippen molar-refractivity contribution in [3.8, 4) is 5.75 Å². The average molecular weight is 410 g/mol. The van der Waals surface area contributed by atoms with Gasteiger partial charge in [0.1, 0.15) is 5.75 Å². The summed E-state index contributed by atoms with van der Waals surface area (Å²) >= 11 is 0. The largest absolute Gasteiger partial charge is 0.484 e. The molecule has 0 aliphatic heterocycles. The lowest BCUT2D eigenvalue weighted by Gasteiger charge is -2.23. The normalized spacial score (nSPS) is 11.1. The van der Waals surface area contributed by atoms with Crippen molar-refractivity contribution in [2.24, 2.45) is 0 Å². The first-order valence-electron chi connectivity index (χ1n) is 9.33. The highest BCUT2D eigenvalue weighted by Gasteiger charge is 2.31. The predicted octanol–water partition coefficient (Wildman–Crippen LogP) is 4.36. The number of amides is 1. The number of sulfonamides is 1. The minimum absolute atomic E-state index is 0.0447. The van der Waals surface area contributed by atoms with Crippen LogP contribution < -0.4 is 9.04 Å². The van der Waals surface area contributed by atoms with Crippen molar-refractivity contribution in [2.75, 3.05) is 10.9 Å². The molecule has 0 aromatic heterocycles. The van der Waals surface area contributed by atoms with E-state index < -0.39 is 22.5 Å². The van der Waals surface area contributed by atoms with Gasteiger partial charge in [0.2, 0.25) is 0 Å². The summed E-state index contributed by atoms with van der Waals surface area (Å²) in [5.74, 6) is -0.166. The lowest BCUT2D eigenvalue weighted by Crippen LogP contribution is -2.40. The summed E-state index contributed by atoms with van der Waals surface area (Å²) in [5.41, 5.74) is 2.39. The molecule has 150 valence electrons. The van der Waals surface area contributed by atoms with Crippen molar-refractivity contribution in [3.05, 3.63) is 90.0 Å². The molecule has 0 aliphatic rings. The van der Waals surface area contributed by atoms with E-state index in [0.29, 0.717) is 5.75 Å². The second kappa shape index (κ2) is 8.92. The second-order valence-electron chi connectivity index (χ2n) is 6.60. The third-order valence-corrected chi connectivity index (χ3v) is 6.23. The van der Waals surface area contributed by atoms with Crippen molar-refractivity contribution in [1.29, 1.82) is 0 Å². The predicted molar refractivity (Wildman–Crippen MR) is 114 cm³/mol. The van der Waals surface area contributed by atoms with Crippen LogP contribution in [0.25, 0.3) is 0 Å². The summed E-state index contributed by atoms with van der Waals surface area (Å²) in [6, 6.07) is 22.0. The highest BCUT2D eigenvalue weighted by Crippen LogP contribution is 2.25. The van der Waals surface area contributed by atoms with Gasteiger partial charge in [0.05, 0.1) is 10.6 Å². The number of nitrogens with zero attached hydrogens (tertiary/aromatic N) is 1. The third-order valence-electron chi connectivity index (χ3n) is 4.47. The Morgan fingerprint density at radius 1 is 0.897 bits per heavy atom. The van der Waals surface area contributed by atoms with Gasteiger partial charge in [-0.15, -0.1) is 0 Å². The van der Waals surface area contributed by atoms with Crippen LogP contribution in [0.1, 0.15) is 18.1 Å². The number of anilines is 1. The summed E-state index contributed by atoms with van der Waals surface area (Å²) in [6.45, 7) is 3.56. The van der Waals surface area contributed by atoms with Gasteiger partial charge in [0.15, 0.2) is 6.61 Å². The van der Waals surface area contributed by atoms with Crippen LogP contribution in [0.5, 0.6) is 5.75 Å². The zero-order valence-corrected chi connectivity index (χ0v) is 17.2. The van der Waals surface area contributed by atoms with Crippen LogP contribution in [0, 0.1) is 6.92 Å². The number of ether oxygens (including phenoxy) is 1. The molecule has 0 bridgehead atoms. The van der Waals surface area contributed by atoms with Gasteiger partial charge >= 0.3 is 0 Å². The molecule has 0 radical (unpaired) electrons. The van der Waals surface area contributed by atoms with Crippen LogP contribution in [0.2, 0.25) is 0 Å². The molecule has 5 nitrogen and oxygen atoms in total. The van der Waals surface area contributed by atoms with Crippen LogP contribution >= 0.6 is 0 Å². The maximum atomic E-state index is 13.2. The topological polar surface area (TPSA) is 63.7 Å². The first-order chi connectivity index (χ1) is 13.9. The molecule has 1 amide bonds. The van der Waals surface area contributed by atoms with E-state index in [1.165, 1.54) is 12.1 Å². The van der Waals surface area contributed by atoms with Crippen LogP contribution in [0.15, 0.2) is 83.8 Å². The van der Waals surface area contributed by atoms with Gasteiger partial charge in [-0.1, -0.05) is 55.0 Å². The molecule has 0 fully saturated rings. The van der Waals surface area contributed by atoms with Crippen molar-refractivity contribution in [2.45, 2.75) is 25.2 Å². The molecule has 0 heterocycles. The Morgan fingerprint density at radius 2 is 1.52 bits per heavy atom. The second-order valence-corrected chi connectivity index (χ2v) is 8.38. The summed E-state index contributed by atoms with van der Waals surface area (Å²) in [5, 5.41) is 0. The Bertz CT molecular complexity index is 1060. The number of carbonyl (C=O) groups excluding carboxylic acids is 1. The van der Waals surface area contributed by atoms with E-state index in [0.717, 1.165) is 21.9 Å². The Labute approximate surface area is 171 Å². The average Bonchev–Trinajstić information content (AvgIpc) is 2.74. The van der Waals surface area contributed by atoms with E-state index >= 15 is 0 Å². The molecular weight excluding hydrogens is 386 g/mol. The van der Waals surface area contributed by atoms with Crippen molar-refractivity contribution < 1.29 is 17.9 Å². The first kappa shape index (κ1) is 20.6. The summed E-state index contributed by atoms with van der Waals surface area (Å²) in [4.78, 5) is 13.0. The lowest BCUT2D eigenvalue weighted by molar-refractivity contribution is -0.119. The molecule has 0 unspecified atom stereocenters. The van der Waals surface area contributed by atoms with Gasteiger partial charge < -0.3 is 4.74 Å². The number of benzene rings is 3. The molecule has 0 N–H and O–H groups in total. The minimum atomic E-state index is -4.08. The molecule has 0 saturated heterocycles. The molecular formula is C23H23NO4S. The van der Waals surface area contributed by atoms with Crippen molar-refractivity contribution >= 4 is 21.6 Å². The van der Waals surface area contributed by atoms with Crippen molar-refractivity contribution in [1.82, 2.24) is 0 Å². The Balaban J connectivity index is 1.93. The molecule has 0 aliphatic carbocycles. The van der Waals surface area contributed by atoms with Gasteiger partial charge in [0.25, 0.3) is 15.9 Å². The van der Waals surface area contributed by atoms with E-state index in [-0.39, 0.29) is 10.6 Å². The van der Waals surface area contributed by atoms with Crippen LogP contribution in [-0.2, 0) is 21.2 Å². The highest BCUT2D eigenvalue weighted by atomic mass is 32.2. The lowest BCUT2D eigenvalue weighted by atomic mass is 10.1. The molecule has 3 aromatic carbocycles. The van der Waals surface area contributed by atoms with Gasteiger partial charge in [0, 0.05) is 0 Å². The van der Waals surface area contributed by atoms with E-state index in [9.17, 15) is 13.2 Å². The van der Waals surface area contributed by atoms with Crippen molar-refractivity contribution in [3.63, 3.8) is 0 Å². The maximum Gasteiger partial charge on any atom is 0.278 e. The number of hydrogen-bond acceptors (Lipinski definition) is 4. The maximum absolute atomic E-state index is 13.2. The standard InChI is InChI=1S/C23H23NO4S/c1-3-19-11-13-20(14-12-19)24(29(26,27)22-7-5-4-6-8-22)23(25)17-28-21-15-9-18(2)10-16-21/h4-16H,3,17H2,1-2H3. The van der Waals surface area contributed by atoms with E-state index in [4.69, 9.17) is 4.74 Å². The SMILES string of the molecule is CCc1ccc(N(C(=O)COc2ccc(C)cc2)S(=O)(=O)c2ccccc2)cc1. The fraction of sp³-hybridized carbons (Fsp3) is 0.174. The van der Waals surface area contributed by atoms with E-state index in [2.05, 4.69) is 0 Å². The first-order valence-corrected chi connectivity index (χ1v) is 10.8. The number of rotatable bonds is 7. The Morgan fingerprint density at radius 3 is 2.10 bits per heavy atom. The molecule has 6 heteroatoms. The zero-order valence-electron chi connectivity index (χ0n) is 16.4. The Hall–Kier alpha value is -3.12. The molecule has 3 aromatic rings. The fourth-order valence-corrected chi connectivity index (χ4v) is 4.25. The monoisotopic (exact) mass is 409 g/mol. The highest BCUT2D eigenvalue weighted by molar-refractivity contribution is 7.93. The van der Waals surface area contributed by atoms with Gasteiger partial charge in [-0.05, 0) is 55.3 Å². The quantitative estimate of drug-likeness (QED) is 0.582. The van der Waals surface area contributed by atoms with Gasteiger partial charge in [-0.25, -0.2) is 8.42 Å². The van der Waals surface area contributed by atoms with Crippen LogP contribution in [0.3, 0.4) is 0 Å². The summed E-state index contributed by atoms with van der Waals surface area (Å²) in [7, 11) is -4.08. The molecule has 0 saturated carbocycles. The molecule has 3 rings (SSSR count). The van der Waals surface area contributed by atoms with E-state index in [1.807, 2.05) is 38.1 Å². The number of carbonyl (C=O) groups is 1. The van der Waals surface area contributed by atoms with E-state index in [1.54, 1.807) is 42.5 Å². The fourth-order valence-electron chi connectivity index (χ4n) is 2.82. The smallest absolute Gasteiger partial charge is 0.278 e. The van der Waals surface area contributed by atoms with Gasteiger partial charge in [-0.2, -0.15) is 4.31 Å². The summed E-state index contributed by atoms with van der Waals surface area (Å²) < 4.78 is 32.8. The summed E-state index contributed by atoms with van der Waals surface area (Å²) in [6.07, 6.45) is 0.816.